The number of rotatable bonds is 8. The first-order valence-electron chi connectivity index (χ1n) is 12.9. The van der Waals surface area contributed by atoms with Gasteiger partial charge in [0, 0.05) is 49.6 Å². The lowest BCUT2D eigenvalue weighted by Gasteiger charge is -2.43. The molecular weight excluding hydrogens is 476 g/mol. The molecule has 0 amide bonds. The highest BCUT2D eigenvalue weighted by Gasteiger charge is 2.39. The van der Waals surface area contributed by atoms with Gasteiger partial charge in [-0.15, -0.1) is 0 Å². The Morgan fingerprint density at radius 1 is 1.22 bits per heavy atom. The fraction of sp³-hybridized carbons (Fsp3) is 0.577. The molecule has 0 saturated heterocycles. The van der Waals surface area contributed by atoms with Crippen LogP contribution < -0.4 is 10.2 Å². The summed E-state index contributed by atoms with van der Waals surface area (Å²) in [6.45, 7) is 1.45. The number of hydrogen-bond donors (Lipinski definition) is 1. The Morgan fingerprint density at radius 2 is 2.03 bits per heavy atom. The van der Waals surface area contributed by atoms with Crippen LogP contribution in [0.1, 0.15) is 74.4 Å². The molecule has 10 heteroatoms. The monoisotopic (exact) mass is 508 g/mol. The third kappa shape index (κ3) is 4.63. The van der Waals surface area contributed by atoms with Crippen LogP contribution in [0.15, 0.2) is 23.4 Å². The number of methoxy groups -OCH3 is 1. The predicted molar refractivity (Wildman–Crippen MR) is 137 cm³/mol. The summed E-state index contributed by atoms with van der Waals surface area (Å²) in [5.74, 6) is 3.17. The highest BCUT2D eigenvalue weighted by Crippen LogP contribution is 2.42. The number of ether oxygens (including phenoxy) is 1. The van der Waals surface area contributed by atoms with Gasteiger partial charge < -0.3 is 15.0 Å². The van der Waals surface area contributed by atoms with Gasteiger partial charge >= 0.3 is 5.97 Å². The first-order chi connectivity index (χ1) is 17.5. The second-order valence-electron chi connectivity index (χ2n) is 10.3. The van der Waals surface area contributed by atoms with Crippen LogP contribution in [0.4, 0.5) is 11.8 Å². The lowest BCUT2D eigenvalue weighted by atomic mass is 9.73. The number of nitrogens with zero attached hydrogens (tertiary/aromatic N) is 5. The molecule has 0 bridgehead atoms. The van der Waals surface area contributed by atoms with E-state index in [-0.39, 0.29) is 11.5 Å². The maximum atomic E-state index is 12.8. The number of carbonyl (C=O) groups excluding carboxylic acids is 1. The first kappa shape index (κ1) is 23.5. The van der Waals surface area contributed by atoms with Crippen molar-refractivity contribution < 1.29 is 13.7 Å². The minimum absolute atomic E-state index is 0.206. The highest BCUT2D eigenvalue weighted by molar-refractivity contribution is 7.85. The molecule has 0 spiro atoms. The van der Waals surface area contributed by atoms with Gasteiger partial charge in [-0.1, -0.05) is 6.08 Å². The third-order valence-corrected chi connectivity index (χ3v) is 9.36. The summed E-state index contributed by atoms with van der Waals surface area (Å²) < 4.78 is 17.7. The molecule has 1 atom stereocenters. The van der Waals surface area contributed by atoms with E-state index in [9.17, 15) is 9.00 Å². The van der Waals surface area contributed by atoms with E-state index in [0.29, 0.717) is 49.2 Å². The second kappa shape index (κ2) is 9.53. The predicted octanol–water partition coefficient (Wildman–Crippen LogP) is 3.39. The van der Waals surface area contributed by atoms with Gasteiger partial charge in [0.05, 0.1) is 23.6 Å². The van der Waals surface area contributed by atoms with Crippen LogP contribution >= 0.6 is 0 Å². The zero-order valence-electron chi connectivity index (χ0n) is 20.7. The lowest BCUT2D eigenvalue weighted by molar-refractivity contribution is -0.141. The van der Waals surface area contributed by atoms with Crippen molar-refractivity contribution in [3.05, 3.63) is 35.6 Å². The van der Waals surface area contributed by atoms with Gasteiger partial charge in [-0.05, 0) is 62.0 Å². The topological polar surface area (TPSA) is 110 Å². The van der Waals surface area contributed by atoms with Gasteiger partial charge in [0.1, 0.15) is 10.7 Å². The van der Waals surface area contributed by atoms with Crippen LogP contribution in [0, 0.1) is 0 Å². The summed E-state index contributed by atoms with van der Waals surface area (Å²) in [6, 6.07) is 0. The van der Waals surface area contributed by atoms with Crippen molar-refractivity contribution in [2.24, 2.45) is 0 Å². The Hall–Kier alpha value is -2.88. The summed E-state index contributed by atoms with van der Waals surface area (Å²) in [7, 11) is 0.313. The maximum absolute atomic E-state index is 12.8. The molecule has 2 aliphatic carbocycles. The Bertz CT molecular complexity index is 1220. The highest BCUT2D eigenvalue weighted by atomic mass is 32.2. The van der Waals surface area contributed by atoms with Crippen molar-refractivity contribution in [3.63, 3.8) is 0 Å². The minimum Gasteiger partial charge on any atom is -0.469 e. The Kier molecular flexibility index (Phi) is 6.23. The Labute approximate surface area is 213 Å². The van der Waals surface area contributed by atoms with E-state index >= 15 is 0 Å². The average Bonchev–Trinajstić information content (AvgIpc) is 3.68. The number of carbonyl (C=O) groups is 1. The lowest BCUT2D eigenvalue weighted by Crippen LogP contribution is -2.46. The fourth-order valence-corrected chi connectivity index (χ4v) is 6.64. The van der Waals surface area contributed by atoms with Gasteiger partial charge in [0.2, 0.25) is 5.95 Å². The molecule has 4 heterocycles. The number of nitrogens with one attached hydrogen (secondary N) is 1. The molecule has 2 saturated carbocycles. The standard InChI is InChI=1S/C26H32N6O3S/c1-35-21(33)5-11-26(9-2-10-26)31-24-22-20(8-14-36(22)34)29-25(30-24)32-12-6-18(7-13-32)23-27-15-19(16-28-23)17-3-4-17/h6,15-17H,2-5,7-14H2,1H3,(H,29,30,31)/t36-/m0/s1. The summed E-state index contributed by atoms with van der Waals surface area (Å²) in [5, 5.41) is 3.62. The molecule has 2 aliphatic heterocycles. The number of fused-ring (bicyclic) bond motifs is 1. The SMILES string of the molecule is COC(=O)CCC1(Nc2nc(N3CC=C(c4ncc(C5CC5)cn4)CC3)nc3c2[S@@](=O)CC3)CCC1. The molecule has 1 N–H and O–H groups in total. The van der Waals surface area contributed by atoms with Crippen molar-refractivity contribution >= 4 is 34.1 Å². The summed E-state index contributed by atoms with van der Waals surface area (Å²) in [5.41, 5.74) is 3.07. The second-order valence-corrected chi connectivity index (χ2v) is 11.8. The molecule has 190 valence electrons. The zero-order valence-corrected chi connectivity index (χ0v) is 21.5. The molecule has 9 nitrogen and oxygen atoms in total. The van der Waals surface area contributed by atoms with E-state index in [2.05, 4.69) is 26.3 Å². The molecule has 4 aliphatic rings. The van der Waals surface area contributed by atoms with Gasteiger partial charge in [0.25, 0.3) is 0 Å². The van der Waals surface area contributed by atoms with Crippen molar-refractivity contribution in [2.75, 3.05) is 36.2 Å². The van der Waals surface area contributed by atoms with E-state index in [1.165, 1.54) is 25.5 Å². The largest absolute Gasteiger partial charge is 0.469 e. The molecule has 6 rings (SSSR count). The summed E-state index contributed by atoms with van der Waals surface area (Å²) in [4.78, 5) is 33.7. The number of esters is 1. The van der Waals surface area contributed by atoms with E-state index < -0.39 is 10.8 Å². The Morgan fingerprint density at radius 3 is 2.67 bits per heavy atom. The molecule has 36 heavy (non-hydrogen) atoms. The number of aryl methyl sites for hydroxylation is 1. The molecule has 0 radical (unpaired) electrons. The molecule has 2 aromatic heterocycles. The number of anilines is 2. The molecule has 2 fully saturated rings. The third-order valence-electron chi connectivity index (χ3n) is 7.91. The fourth-order valence-electron chi connectivity index (χ4n) is 5.33. The zero-order chi connectivity index (χ0) is 24.7. The van der Waals surface area contributed by atoms with Crippen LogP contribution in [-0.4, -0.2) is 61.6 Å². The van der Waals surface area contributed by atoms with E-state index in [1.807, 2.05) is 12.4 Å². The van der Waals surface area contributed by atoms with Crippen LogP contribution in [0.3, 0.4) is 0 Å². The van der Waals surface area contributed by atoms with Crippen molar-refractivity contribution in [1.82, 2.24) is 19.9 Å². The van der Waals surface area contributed by atoms with Crippen molar-refractivity contribution in [1.29, 1.82) is 0 Å². The normalized spacial score (nSPS) is 22.4. The number of aromatic nitrogens is 4. The van der Waals surface area contributed by atoms with E-state index in [0.717, 1.165) is 54.2 Å². The molecular formula is C26H32N6O3S. The average molecular weight is 509 g/mol. The van der Waals surface area contributed by atoms with Crippen LogP contribution in [0.5, 0.6) is 0 Å². The summed E-state index contributed by atoms with van der Waals surface area (Å²) in [6.07, 6.45) is 14.2. The minimum atomic E-state index is -1.11. The number of hydrogen-bond acceptors (Lipinski definition) is 9. The Balaban J connectivity index is 1.21. The quantitative estimate of drug-likeness (QED) is 0.537. The summed E-state index contributed by atoms with van der Waals surface area (Å²) >= 11 is 0. The van der Waals surface area contributed by atoms with Gasteiger partial charge in [-0.3, -0.25) is 9.00 Å². The van der Waals surface area contributed by atoms with Gasteiger partial charge in [-0.2, -0.15) is 4.98 Å². The van der Waals surface area contributed by atoms with Gasteiger partial charge in [0.15, 0.2) is 5.82 Å². The van der Waals surface area contributed by atoms with Gasteiger partial charge in [-0.25, -0.2) is 15.0 Å². The van der Waals surface area contributed by atoms with Crippen LogP contribution in [0.2, 0.25) is 0 Å². The molecule has 0 unspecified atom stereocenters. The smallest absolute Gasteiger partial charge is 0.305 e. The first-order valence-corrected chi connectivity index (χ1v) is 14.3. The van der Waals surface area contributed by atoms with E-state index in [1.54, 1.807) is 0 Å². The molecule has 2 aromatic rings. The maximum Gasteiger partial charge on any atom is 0.305 e. The molecule has 0 aromatic carbocycles. The van der Waals surface area contributed by atoms with E-state index in [4.69, 9.17) is 14.7 Å². The van der Waals surface area contributed by atoms with Crippen LogP contribution in [-0.2, 0) is 26.8 Å². The van der Waals surface area contributed by atoms with Crippen LogP contribution in [0.25, 0.3) is 5.57 Å². The van der Waals surface area contributed by atoms with Crippen molar-refractivity contribution in [2.45, 2.75) is 74.1 Å². The van der Waals surface area contributed by atoms with Crippen molar-refractivity contribution in [3.8, 4) is 0 Å².